The number of para-hydroxylation sites is 3. The first kappa shape index (κ1) is 22.5. The lowest BCUT2D eigenvalue weighted by Crippen LogP contribution is -2.27. The molecule has 170 valence electrons. The van der Waals surface area contributed by atoms with E-state index in [9.17, 15) is 13.2 Å². The lowest BCUT2D eigenvalue weighted by molar-refractivity contribution is 0.0952. The molecule has 0 aliphatic carbocycles. The summed E-state index contributed by atoms with van der Waals surface area (Å²) in [6, 6.07) is 22.8. The molecule has 0 saturated heterocycles. The molecule has 1 amide bonds. The second-order valence-corrected chi connectivity index (χ2v) is 9.71. The van der Waals surface area contributed by atoms with Crippen molar-refractivity contribution in [2.75, 3.05) is 17.9 Å². The van der Waals surface area contributed by atoms with Gasteiger partial charge in [-0.1, -0.05) is 30.3 Å². The lowest BCUT2D eigenvalue weighted by atomic mass is 10.2. The molecule has 8 heteroatoms. The van der Waals surface area contributed by atoms with Crippen LogP contribution in [0, 0.1) is 6.92 Å². The van der Waals surface area contributed by atoms with Crippen LogP contribution < -0.4 is 9.62 Å². The first-order chi connectivity index (χ1) is 15.9. The molecule has 4 aromatic rings. The Morgan fingerprint density at radius 3 is 2.36 bits per heavy atom. The number of anilines is 1. The Morgan fingerprint density at radius 1 is 0.970 bits per heavy atom. The van der Waals surface area contributed by atoms with Gasteiger partial charge in [-0.3, -0.25) is 9.10 Å². The van der Waals surface area contributed by atoms with Crippen LogP contribution >= 0.6 is 0 Å². The van der Waals surface area contributed by atoms with Crippen molar-refractivity contribution >= 4 is 32.7 Å². The number of amides is 1. The lowest BCUT2D eigenvalue weighted by Gasteiger charge is -2.19. The predicted octanol–water partition coefficient (Wildman–Crippen LogP) is 3.99. The molecule has 1 aromatic heterocycles. The molecule has 0 saturated carbocycles. The number of hydrogen-bond donors (Lipinski definition) is 1. The van der Waals surface area contributed by atoms with Crippen molar-refractivity contribution in [2.24, 2.45) is 0 Å². The number of aryl methyl sites for hydroxylation is 2. The molecular formula is C25H26N4O3S. The van der Waals surface area contributed by atoms with E-state index in [-0.39, 0.29) is 10.8 Å². The highest BCUT2D eigenvalue weighted by molar-refractivity contribution is 7.92. The predicted molar refractivity (Wildman–Crippen MR) is 130 cm³/mol. The van der Waals surface area contributed by atoms with Crippen LogP contribution in [0.15, 0.2) is 83.8 Å². The minimum absolute atomic E-state index is 0.132. The Balaban J connectivity index is 1.35. The maximum absolute atomic E-state index is 12.9. The summed E-state index contributed by atoms with van der Waals surface area (Å²) in [6.45, 7) is 3.22. The molecule has 7 nitrogen and oxygen atoms in total. The SMILES string of the molecule is Cc1nc2ccccc2n1CCCNC(=O)c1ccc(S(=O)(=O)N(C)c2ccccc2)cc1. The molecule has 3 aromatic carbocycles. The third-order valence-electron chi connectivity index (χ3n) is 5.58. The van der Waals surface area contributed by atoms with Crippen LogP contribution in [0.2, 0.25) is 0 Å². The summed E-state index contributed by atoms with van der Waals surface area (Å²) in [5.41, 5.74) is 3.03. The number of fused-ring (bicyclic) bond motifs is 1. The maximum atomic E-state index is 12.9. The summed E-state index contributed by atoms with van der Waals surface area (Å²) in [5.74, 6) is 0.711. The van der Waals surface area contributed by atoms with Crippen LogP contribution in [0.4, 0.5) is 5.69 Å². The van der Waals surface area contributed by atoms with Gasteiger partial charge in [-0.25, -0.2) is 13.4 Å². The van der Waals surface area contributed by atoms with Crippen molar-refractivity contribution < 1.29 is 13.2 Å². The Kier molecular flexibility index (Phi) is 6.46. The number of carbonyl (C=O) groups is 1. The molecule has 4 rings (SSSR count). The fourth-order valence-corrected chi connectivity index (χ4v) is 4.93. The Morgan fingerprint density at radius 2 is 1.64 bits per heavy atom. The molecule has 33 heavy (non-hydrogen) atoms. The zero-order valence-corrected chi connectivity index (χ0v) is 19.4. The standard InChI is InChI=1S/C25H26N4O3S/c1-19-27-23-11-6-7-12-24(23)29(19)18-8-17-26-25(30)20-13-15-22(16-14-20)33(31,32)28(2)21-9-4-3-5-10-21/h3-7,9-16H,8,17-18H2,1-2H3,(H,26,30). The van der Waals surface area contributed by atoms with E-state index in [1.807, 2.05) is 37.3 Å². The summed E-state index contributed by atoms with van der Waals surface area (Å²) < 4.78 is 29.1. The van der Waals surface area contributed by atoms with Crippen molar-refractivity contribution in [1.29, 1.82) is 0 Å². The van der Waals surface area contributed by atoms with E-state index in [2.05, 4.69) is 14.9 Å². The van der Waals surface area contributed by atoms with Crippen LogP contribution in [0.5, 0.6) is 0 Å². The van der Waals surface area contributed by atoms with Crippen LogP contribution in [0.3, 0.4) is 0 Å². The molecule has 1 N–H and O–H groups in total. The number of aromatic nitrogens is 2. The van der Waals surface area contributed by atoms with Gasteiger partial charge in [0, 0.05) is 25.7 Å². The number of nitrogens with zero attached hydrogens (tertiary/aromatic N) is 3. The highest BCUT2D eigenvalue weighted by atomic mass is 32.2. The summed E-state index contributed by atoms with van der Waals surface area (Å²) in [6.07, 6.45) is 0.751. The van der Waals surface area contributed by atoms with E-state index in [0.29, 0.717) is 17.8 Å². The smallest absolute Gasteiger partial charge is 0.264 e. The first-order valence-corrected chi connectivity index (χ1v) is 12.2. The van der Waals surface area contributed by atoms with Gasteiger partial charge in [0.2, 0.25) is 0 Å². The fraction of sp³-hybridized carbons (Fsp3) is 0.200. The van der Waals surface area contributed by atoms with Crippen LogP contribution in [0.1, 0.15) is 22.6 Å². The van der Waals surface area contributed by atoms with Gasteiger partial charge < -0.3 is 9.88 Å². The maximum Gasteiger partial charge on any atom is 0.264 e. The number of sulfonamides is 1. The molecule has 1 heterocycles. The average molecular weight is 463 g/mol. The van der Waals surface area contributed by atoms with Gasteiger partial charge in [0.15, 0.2) is 0 Å². The highest BCUT2D eigenvalue weighted by Crippen LogP contribution is 2.22. The molecule has 0 fully saturated rings. The number of rotatable bonds is 8. The number of nitrogens with one attached hydrogen (secondary N) is 1. The molecule has 0 bridgehead atoms. The number of benzene rings is 3. The van der Waals surface area contributed by atoms with Gasteiger partial charge in [0.05, 0.1) is 21.6 Å². The van der Waals surface area contributed by atoms with E-state index in [4.69, 9.17) is 0 Å². The zero-order chi connectivity index (χ0) is 23.4. The van der Waals surface area contributed by atoms with E-state index in [0.717, 1.165) is 29.8 Å². The van der Waals surface area contributed by atoms with Gasteiger partial charge in [0.1, 0.15) is 5.82 Å². The third-order valence-corrected chi connectivity index (χ3v) is 7.38. The van der Waals surface area contributed by atoms with Gasteiger partial charge in [-0.15, -0.1) is 0 Å². The van der Waals surface area contributed by atoms with Crippen LogP contribution in [-0.4, -0.2) is 37.5 Å². The molecule has 0 aliphatic heterocycles. The van der Waals surface area contributed by atoms with Gasteiger partial charge in [-0.2, -0.15) is 0 Å². The summed E-state index contributed by atoms with van der Waals surface area (Å²) in [4.78, 5) is 17.2. The largest absolute Gasteiger partial charge is 0.352 e. The second-order valence-electron chi connectivity index (χ2n) is 7.74. The van der Waals surface area contributed by atoms with Crippen molar-refractivity contribution in [3.05, 3.63) is 90.3 Å². The third kappa shape index (κ3) is 4.75. The first-order valence-electron chi connectivity index (χ1n) is 10.7. The monoisotopic (exact) mass is 462 g/mol. The molecule has 0 spiro atoms. The van der Waals surface area contributed by atoms with Crippen LogP contribution in [0.25, 0.3) is 11.0 Å². The minimum Gasteiger partial charge on any atom is -0.352 e. The highest BCUT2D eigenvalue weighted by Gasteiger charge is 2.21. The van der Waals surface area contributed by atoms with E-state index in [1.165, 1.54) is 35.6 Å². The Labute approximate surface area is 193 Å². The molecule has 0 aliphatic rings. The van der Waals surface area contributed by atoms with Crippen LogP contribution in [-0.2, 0) is 16.6 Å². The van der Waals surface area contributed by atoms with E-state index in [1.54, 1.807) is 24.3 Å². The summed E-state index contributed by atoms with van der Waals surface area (Å²) in [5, 5.41) is 2.90. The zero-order valence-electron chi connectivity index (χ0n) is 18.6. The van der Waals surface area contributed by atoms with Crippen molar-refractivity contribution in [1.82, 2.24) is 14.9 Å². The normalized spacial score (nSPS) is 11.5. The van der Waals surface area contributed by atoms with E-state index >= 15 is 0 Å². The Hall–Kier alpha value is -3.65. The summed E-state index contributed by atoms with van der Waals surface area (Å²) >= 11 is 0. The fourth-order valence-electron chi connectivity index (χ4n) is 3.73. The van der Waals surface area contributed by atoms with Crippen molar-refractivity contribution in [3.63, 3.8) is 0 Å². The molecular weight excluding hydrogens is 436 g/mol. The topological polar surface area (TPSA) is 84.3 Å². The quantitative estimate of drug-likeness (QED) is 0.401. The summed E-state index contributed by atoms with van der Waals surface area (Å²) in [7, 11) is -2.20. The van der Waals surface area contributed by atoms with E-state index < -0.39 is 10.0 Å². The van der Waals surface area contributed by atoms with Crippen molar-refractivity contribution in [3.8, 4) is 0 Å². The molecule has 0 unspecified atom stereocenters. The van der Waals surface area contributed by atoms with Crippen molar-refractivity contribution in [2.45, 2.75) is 24.8 Å². The Bertz CT molecular complexity index is 1360. The average Bonchev–Trinajstić information content (AvgIpc) is 3.16. The number of carbonyl (C=O) groups excluding carboxylic acids is 1. The number of hydrogen-bond acceptors (Lipinski definition) is 4. The minimum atomic E-state index is -3.71. The van der Waals surface area contributed by atoms with Gasteiger partial charge in [-0.05, 0) is 61.9 Å². The second kappa shape index (κ2) is 9.46. The number of imidazole rings is 1. The molecule has 0 atom stereocenters. The molecule has 0 radical (unpaired) electrons. The van der Waals surface area contributed by atoms with Gasteiger partial charge >= 0.3 is 0 Å². The van der Waals surface area contributed by atoms with Gasteiger partial charge in [0.25, 0.3) is 15.9 Å².